The molecule has 0 saturated carbocycles. The van der Waals surface area contributed by atoms with E-state index in [0.717, 1.165) is 11.8 Å². The third-order valence-electron chi connectivity index (χ3n) is 2.49. The first kappa shape index (κ1) is 13.5. The van der Waals surface area contributed by atoms with Crippen molar-refractivity contribution in [1.82, 2.24) is 4.98 Å². The lowest BCUT2D eigenvalue weighted by atomic mass is 10.3. The average Bonchev–Trinajstić information content (AvgIpc) is 2.38. The summed E-state index contributed by atoms with van der Waals surface area (Å²) in [5.41, 5.74) is 6.38. The fourth-order valence-electron chi connectivity index (χ4n) is 1.52. The zero-order chi connectivity index (χ0) is 13.9. The molecule has 0 saturated heterocycles. The van der Waals surface area contributed by atoms with Gasteiger partial charge in [0.05, 0.1) is 11.1 Å². The summed E-state index contributed by atoms with van der Waals surface area (Å²) in [5.74, 6) is 1.11. The molecule has 0 fully saturated rings. The van der Waals surface area contributed by atoms with Gasteiger partial charge in [-0.2, -0.15) is 0 Å². The smallest absolute Gasteiger partial charge is 0.175 e. The normalized spacial score (nSPS) is 11.3. The molecule has 5 nitrogen and oxygen atoms in total. The van der Waals surface area contributed by atoms with Gasteiger partial charge >= 0.3 is 0 Å². The Morgan fingerprint density at radius 2 is 1.84 bits per heavy atom. The van der Waals surface area contributed by atoms with Crippen LogP contribution >= 0.6 is 0 Å². The van der Waals surface area contributed by atoms with Gasteiger partial charge in [0, 0.05) is 19.0 Å². The molecular formula is C13H14N2O3S. The molecular weight excluding hydrogens is 264 g/mol. The van der Waals surface area contributed by atoms with E-state index >= 15 is 0 Å². The molecule has 1 heterocycles. The molecule has 2 aromatic rings. The SMILES string of the molecule is CS(=O)(=O)c1ccc(Oc2cncc(CN)c2)cc1. The Morgan fingerprint density at radius 1 is 1.16 bits per heavy atom. The number of aromatic nitrogens is 1. The van der Waals surface area contributed by atoms with Gasteiger partial charge < -0.3 is 10.5 Å². The van der Waals surface area contributed by atoms with Crippen LogP contribution in [-0.2, 0) is 16.4 Å². The molecule has 0 atom stereocenters. The quantitative estimate of drug-likeness (QED) is 0.921. The highest BCUT2D eigenvalue weighted by Crippen LogP contribution is 2.22. The third-order valence-corrected chi connectivity index (χ3v) is 3.62. The molecule has 6 heteroatoms. The third kappa shape index (κ3) is 3.52. The van der Waals surface area contributed by atoms with Gasteiger partial charge in [-0.05, 0) is 35.9 Å². The first-order valence-corrected chi connectivity index (χ1v) is 7.50. The van der Waals surface area contributed by atoms with Gasteiger partial charge in [-0.15, -0.1) is 0 Å². The zero-order valence-corrected chi connectivity index (χ0v) is 11.2. The second-order valence-corrected chi connectivity index (χ2v) is 6.09. The summed E-state index contributed by atoms with van der Waals surface area (Å²) in [4.78, 5) is 4.27. The monoisotopic (exact) mass is 278 g/mol. The molecule has 1 aromatic carbocycles. The van der Waals surface area contributed by atoms with Crippen LogP contribution in [0.4, 0.5) is 0 Å². The molecule has 0 radical (unpaired) electrons. The Labute approximate surface area is 112 Å². The molecule has 0 spiro atoms. The van der Waals surface area contributed by atoms with E-state index in [1.165, 1.54) is 12.1 Å². The van der Waals surface area contributed by atoms with E-state index in [1.54, 1.807) is 30.6 Å². The second-order valence-electron chi connectivity index (χ2n) is 4.08. The van der Waals surface area contributed by atoms with Crippen LogP contribution in [0.1, 0.15) is 5.56 Å². The number of pyridine rings is 1. The van der Waals surface area contributed by atoms with Gasteiger partial charge in [0.1, 0.15) is 11.5 Å². The highest BCUT2D eigenvalue weighted by atomic mass is 32.2. The van der Waals surface area contributed by atoms with Crippen molar-refractivity contribution in [1.29, 1.82) is 0 Å². The van der Waals surface area contributed by atoms with E-state index in [9.17, 15) is 8.42 Å². The summed E-state index contributed by atoms with van der Waals surface area (Å²) in [5, 5.41) is 0. The largest absolute Gasteiger partial charge is 0.456 e. The Kier molecular flexibility index (Phi) is 3.82. The number of sulfone groups is 1. The predicted molar refractivity (Wildman–Crippen MR) is 71.8 cm³/mol. The summed E-state index contributed by atoms with van der Waals surface area (Å²) in [6, 6.07) is 8.00. The van der Waals surface area contributed by atoms with Crippen molar-refractivity contribution in [3.05, 3.63) is 48.3 Å². The van der Waals surface area contributed by atoms with Crippen LogP contribution in [0.15, 0.2) is 47.6 Å². The molecule has 0 amide bonds. The van der Waals surface area contributed by atoms with Crippen molar-refractivity contribution >= 4 is 9.84 Å². The second kappa shape index (κ2) is 5.38. The van der Waals surface area contributed by atoms with Crippen LogP contribution in [0.2, 0.25) is 0 Å². The Balaban J connectivity index is 2.19. The summed E-state index contributed by atoms with van der Waals surface area (Å²) >= 11 is 0. The highest BCUT2D eigenvalue weighted by Gasteiger charge is 2.07. The van der Waals surface area contributed by atoms with Crippen molar-refractivity contribution in [2.24, 2.45) is 5.73 Å². The highest BCUT2D eigenvalue weighted by molar-refractivity contribution is 7.90. The van der Waals surface area contributed by atoms with E-state index in [-0.39, 0.29) is 4.90 Å². The summed E-state index contributed by atoms with van der Waals surface area (Å²) in [6.07, 6.45) is 4.40. The van der Waals surface area contributed by atoms with Crippen molar-refractivity contribution < 1.29 is 13.2 Å². The number of hydrogen-bond acceptors (Lipinski definition) is 5. The Hall–Kier alpha value is -1.92. The molecule has 0 aliphatic rings. The van der Waals surface area contributed by atoms with Gasteiger partial charge in [0.25, 0.3) is 0 Å². The van der Waals surface area contributed by atoms with Crippen molar-refractivity contribution in [2.75, 3.05) is 6.26 Å². The maximum Gasteiger partial charge on any atom is 0.175 e. The molecule has 100 valence electrons. The van der Waals surface area contributed by atoms with E-state index in [1.807, 2.05) is 0 Å². The summed E-state index contributed by atoms with van der Waals surface area (Å²) in [7, 11) is -3.19. The van der Waals surface area contributed by atoms with Gasteiger partial charge in [-0.3, -0.25) is 4.98 Å². The van der Waals surface area contributed by atoms with Crippen LogP contribution in [0.5, 0.6) is 11.5 Å². The number of hydrogen-bond donors (Lipinski definition) is 1. The number of nitrogens with zero attached hydrogens (tertiary/aromatic N) is 1. The molecule has 2 rings (SSSR count). The van der Waals surface area contributed by atoms with Gasteiger partial charge in [-0.1, -0.05) is 0 Å². The van der Waals surface area contributed by atoms with Crippen LogP contribution in [-0.4, -0.2) is 19.7 Å². The lowest BCUT2D eigenvalue weighted by Gasteiger charge is -2.07. The molecule has 0 bridgehead atoms. The van der Waals surface area contributed by atoms with Crippen molar-refractivity contribution in [2.45, 2.75) is 11.4 Å². The van der Waals surface area contributed by atoms with Crippen LogP contribution < -0.4 is 10.5 Å². The van der Waals surface area contributed by atoms with Crippen molar-refractivity contribution in [3.63, 3.8) is 0 Å². The fraction of sp³-hybridized carbons (Fsp3) is 0.154. The van der Waals surface area contributed by atoms with Gasteiger partial charge in [0.2, 0.25) is 0 Å². The number of ether oxygens (including phenoxy) is 1. The molecule has 2 N–H and O–H groups in total. The zero-order valence-electron chi connectivity index (χ0n) is 10.4. The Morgan fingerprint density at radius 3 is 2.42 bits per heavy atom. The molecule has 1 aromatic heterocycles. The predicted octanol–water partition coefficient (Wildman–Crippen LogP) is 1.74. The van der Waals surface area contributed by atoms with E-state index < -0.39 is 9.84 Å². The standard InChI is InChI=1S/C13H14N2O3S/c1-19(16,17)13-4-2-11(3-5-13)18-12-6-10(7-14)8-15-9-12/h2-6,8-9H,7,14H2,1H3. The van der Waals surface area contributed by atoms with E-state index in [2.05, 4.69) is 4.98 Å². The molecule has 0 aliphatic heterocycles. The van der Waals surface area contributed by atoms with E-state index in [4.69, 9.17) is 10.5 Å². The minimum absolute atomic E-state index is 0.258. The fourth-order valence-corrected chi connectivity index (χ4v) is 2.15. The minimum Gasteiger partial charge on any atom is -0.456 e. The number of nitrogens with two attached hydrogens (primary N) is 1. The van der Waals surface area contributed by atoms with Gasteiger partial charge in [-0.25, -0.2) is 8.42 Å². The molecule has 0 aliphatic carbocycles. The maximum absolute atomic E-state index is 11.3. The number of benzene rings is 1. The lowest BCUT2D eigenvalue weighted by molar-refractivity contribution is 0.479. The average molecular weight is 278 g/mol. The van der Waals surface area contributed by atoms with Crippen LogP contribution in [0, 0.1) is 0 Å². The maximum atomic E-state index is 11.3. The first-order chi connectivity index (χ1) is 8.99. The summed E-state index contributed by atoms with van der Waals surface area (Å²) < 4.78 is 28.2. The summed E-state index contributed by atoms with van der Waals surface area (Å²) in [6.45, 7) is 0.386. The molecule has 19 heavy (non-hydrogen) atoms. The molecule has 0 unspecified atom stereocenters. The Bertz CT molecular complexity index is 667. The topological polar surface area (TPSA) is 82.3 Å². The van der Waals surface area contributed by atoms with Crippen LogP contribution in [0.3, 0.4) is 0 Å². The minimum atomic E-state index is -3.19. The van der Waals surface area contributed by atoms with Crippen molar-refractivity contribution in [3.8, 4) is 11.5 Å². The first-order valence-electron chi connectivity index (χ1n) is 5.61. The number of rotatable bonds is 4. The van der Waals surface area contributed by atoms with Crippen LogP contribution in [0.25, 0.3) is 0 Å². The van der Waals surface area contributed by atoms with E-state index in [0.29, 0.717) is 18.0 Å². The lowest BCUT2D eigenvalue weighted by Crippen LogP contribution is -1.98. The van der Waals surface area contributed by atoms with Gasteiger partial charge in [0.15, 0.2) is 9.84 Å².